The zero-order valence-electron chi connectivity index (χ0n) is 19.5. The van der Waals surface area contributed by atoms with E-state index in [1.165, 1.54) is 11.8 Å². The summed E-state index contributed by atoms with van der Waals surface area (Å²) in [6.45, 7) is 6.74. The Bertz CT molecular complexity index is 1240. The van der Waals surface area contributed by atoms with Gasteiger partial charge < -0.3 is 4.90 Å². The number of aromatic nitrogens is 3. The van der Waals surface area contributed by atoms with Gasteiger partial charge in [0.15, 0.2) is 11.0 Å². The molecule has 7 heteroatoms. The summed E-state index contributed by atoms with van der Waals surface area (Å²) in [5.41, 5.74) is 2.63. The monoisotopic (exact) mass is 490 g/mol. The maximum absolute atomic E-state index is 13.4. The second kappa shape index (κ2) is 10.5. The van der Waals surface area contributed by atoms with Crippen LogP contribution in [0.1, 0.15) is 26.3 Å². The van der Waals surface area contributed by atoms with Gasteiger partial charge in [-0.3, -0.25) is 9.36 Å². The largest absolute Gasteiger partial charge is 0.333 e. The van der Waals surface area contributed by atoms with Crippen LogP contribution >= 0.6 is 23.4 Å². The van der Waals surface area contributed by atoms with Gasteiger partial charge in [-0.2, -0.15) is 0 Å². The molecule has 0 unspecified atom stereocenters. The number of benzene rings is 3. The molecule has 0 aliphatic rings. The average Bonchev–Trinajstić information content (AvgIpc) is 3.26. The molecule has 4 rings (SSSR count). The number of carbonyl (C=O) groups is 1. The van der Waals surface area contributed by atoms with E-state index in [9.17, 15) is 4.79 Å². The van der Waals surface area contributed by atoms with Gasteiger partial charge in [0.1, 0.15) is 0 Å². The van der Waals surface area contributed by atoms with Crippen molar-refractivity contribution in [3.8, 4) is 17.1 Å². The van der Waals surface area contributed by atoms with E-state index in [1.807, 2.05) is 94.4 Å². The molecule has 0 N–H and O–H groups in total. The molecule has 1 heterocycles. The molecule has 4 aromatic rings. The lowest BCUT2D eigenvalue weighted by Crippen LogP contribution is -2.45. The van der Waals surface area contributed by atoms with Gasteiger partial charge in [0, 0.05) is 28.4 Å². The van der Waals surface area contributed by atoms with Gasteiger partial charge in [-0.1, -0.05) is 71.9 Å². The maximum atomic E-state index is 13.4. The molecule has 1 aromatic heterocycles. The average molecular weight is 491 g/mol. The lowest BCUT2D eigenvalue weighted by atomic mass is 10.0. The highest BCUT2D eigenvalue weighted by molar-refractivity contribution is 7.99. The first-order chi connectivity index (χ1) is 16.3. The summed E-state index contributed by atoms with van der Waals surface area (Å²) in [6.07, 6.45) is 0. The number of rotatable bonds is 7. The molecule has 3 aromatic carbocycles. The van der Waals surface area contributed by atoms with Crippen molar-refractivity contribution >= 4 is 29.3 Å². The maximum Gasteiger partial charge on any atom is 0.233 e. The number of thioether (sulfide) groups is 1. The molecule has 0 atom stereocenters. The minimum absolute atomic E-state index is 0.0528. The Morgan fingerprint density at radius 1 is 0.912 bits per heavy atom. The van der Waals surface area contributed by atoms with Gasteiger partial charge in [0.25, 0.3) is 0 Å². The van der Waals surface area contributed by atoms with E-state index in [0.717, 1.165) is 16.8 Å². The number of halogens is 1. The topological polar surface area (TPSA) is 51.0 Å². The van der Waals surface area contributed by atoms with Crippen molar-refractivity contribution < 1.29 is 4.79 Å². The SMILES string of the molecule is CC(C)(C)N(Cc1ccccc1)C(=O)CSc1nnc(-c2ccc(Cl)cc2)n1-c1ccccc1. The van der Waals surface area contributed by atoms with Gasteiger partial charge in [-0.05, 0) is 62.7 Å². The van der Waals surface area contributed by atoms with Crippen molar-refractivity contribution in [1.29, 1.82) is 0 Å². The first kappa shape index (κ1) is 24.0. The molecule has 0 saturated heterocycles. The number of nitrogens with zero attached hydrogens (tertiary/aromatic N) is 4. The highest BCUT2D eigenvalue weighted by atomic mass is 35.5. The Hall–Kier alpha value is -3.09. The predicted octanol–water partition coefficient (Wildman–Crippen LogP) is 6.51. The number of hydrogen-bond donors (Lipinski definition) is 0. The summed E-state index contributed by atoms with van der Waals surface area (Å²) in [5.74, 6) is 1.02. The standard InChI is InChI=1S/C27H27ClN4OS/c1-27(2,3)31(18-20-10-6-4-7-11-20)24(33)19-34-26-30-29-25(21-14-16-22(28)17-15-21)32(26)23-12-8-5-9-13-23/h4-17H,18-19H2,1-3H3. The van der Waals surface area contributed by atoms with Gasteiger partial charge in [-0.15, -0.1) is 10.2 Å². The Morgan fingerprint density at radius 3 is 2.15 bits per heavy atom. The van der Waals surface area contributed by atoms with E-state index in [0.29, 0.717) is 22.5 Å². The van der Waals surface area contributed by atoms with E-state index in [2.05, 4.69) is 31.0 Å². The Labute approximate surface area is 209 Å². The summed E-state index contributed by atoms with van der Waals surface area (Å²) in [5, 5.41) is 10.2. The summed E-state index contributed by atoms with van der Waals surface area (Å²) < 4.78 is 1.99. The van der Waals surface area contributed by atoms with Crippen LogP contribution in [0.15, 0.2) is 90.1 Å². The highest BCUT2D eigenvalue weighted by Crippen LogP contribution is 2.29. The smallest absolute Gasteiger partial charge is 0.233 e. The Balaban J connectivity index is 1.61. The fraction of sp³-hybridized carbons (Fsp3) is 0.222. The van der Waals surface area contributed by atoms with Gasteiger partial charge in [0.2, 0.25) is 5.91 Å². The van der Waals surface area contributed by atoms with E-state index >= 15 is 0 Å². The molecule has 34 heavy (non-hydrogen) atoms. The molecule has 0 aliphatic heterocycles. The second-order valence-electron chi connectivity index (χ2n) is 8.91. The van der Waals surface area contributed by atoms with Gasteiger partial charge in [-0.25, -0.2) is 0 Å². The molecular formula is C27H27ClN4OS. The zero-order valence-corrected chi connectivity index (χ0v) is 21.1. The molecule has 1 amide bonds. The third-order valence-electron chi connectivity index (χ3n) is 5.37. The van der Waals surface area contributed by atoms with Crippen molar-refractivity contribution in [2.45, 2.75) is 38.0 Å². The summed E-state index contributed by atoms with van der Waals surface area (Å²) >= 11 is 7.48. The fourth-order valence-electron chi connectivity index (χ4n) is 3.63. The first-order valence-electron chi connectivity index (χ1n) is 11.1. The van der Waals surface area contributed by atoms with E-state index in [-0.39, 0.29) is 17.2 Å². The van der Waals surface area contributed by atoms with Crippen LogP contribution in [0.5, 0.6) is 0 Å². The normalized spacial score (nSPS) is 11.4. The van der Waals surface area contributed by atoms with Crippen LogP contribution in [0.25, 0.3) is 17.1 Å². The lowest BCUT2D eigenvalue weighted by molar-refractivity contribution is -0.133. The van der Waals surface area contributed by atoms with E-state index in [4.69, 9.17) is 11.6 Å². The predicted molar refractivity (Wildman–Crippen MR) is 139 cm³/mol. The van der Waals surface area contributed by atoms with Crippen molar-refractivity contribution in [3.05, 3.63) is 95.5 Å². The molecule has 0 radical (unpaired) electrons. The van der Waals surface area contributed by atoms with Crippen LogP contribution in [0.4, 0.5) is 0 Å². The van der Waals surface area contributed by atoms with Crippen molar-refractivity contribution in [1.82, 2.24) is 19.7 Å². The third-order valence-corrected chi connectivity index (χ3v) is 6.53. The van der Waals surface area contributed by atoms with Crippen LogP contribution in [0.2, 0.25) is 5.02 Å². The third kappa shape index (κ3) is 5.69. The summed E-state index contributed by atoms with van der Waals surface area (Å²) in [4.78, 5) is 15.3. The summed E-state index contributed by atoms with van der Waals surface area (Å²) in [7, 11) is 0. The Kier molecular flexibility index (Phi) is 7.39. The van der Waals surface area contributed by atoms with Crippen molar-refractivity contribution in [2.24, 2.45) is 0 Å². The quantitative estimate of drug-likeness (QED) is 0.277. The van der Waals surface area contributed by atoms with Crippen molar-refractivity contribution in [3.63, 3.8) is 0 Å². The molecule has 0 bridgehead atoms. The molecule has 0 aliphatic carbocycles. The van der Waals surface area contributed by atoms with Gasteiger partial charge >= 0.3 is 0 Å². The van der Waals surface area contributed by atoms with Crippen LogP contribution in [-0.2, 0) is 11.3 Å². The molecule has 0 fully saturated rings. The minimum Gasteiger partial charge on any atom is -0.333 e. The number of para-hydroxylation sites is 1. The van der Waals surface area contributed by atoms with Crippen LogP contribution in [-0.4, -0.2) is 36.9 Å². The molecule has 174 valence electrons. The fourth-order valence-corrected chi connectivity index (χ4v) is 4.58. The van der Waals surface area contributed by atoms with Crippen LogP contribution in [0, 0.1) is 0 Å². The lowest BCUT2D eigenvalue weighted by Gasteiger charge is -2.36. The number of hydrogen-bond acceptors (Lipinski definition) is 4. The van der Waals surface area contributed by atoms with Crippen molar-refractivity contribution in [2.75, 3.05) is 5.75 Å². The summed E-state index contributed by atoms with van der Waals surface area (Å²) in [6, 6.07) is 27.5. The minimum atomic E-state index is -0.310. The molecule has 0 spiro atoms. The second-order valence-corrected chi connectivity index (χ2v) is 10.3. The van der Waals surface area contributed by atoms with E-state index < -0.39 is 0 Å². The molecule has 0 saturated carbocycles. The van der Waals surface area contributed by atoms with Gasteiger partial charge in [0.05, 0.1) is 5.75 Å². The Morgan fingerprint density at radius 2 is 1.53 bits per heavy atom. The molecular weight excluding hydrogens is 464 g/mol. The number of amides is 1. The number of carbonyl (C=O) groups excluding carboxylic acids is 1. The molecule has 5 nitrogen and oxygen atoms in total. The van der Waals surface area contributed by atoms with Crippen LogP contribution in [0.3, 0.4) is 0 Å². The highest BCUT2D eigenvalue weighted by Gasteiger charge is 2.27. The zero-order chi connectivity index (χ0) is 24.1. The van der Waals surface area contributed by atoms with E-state index in [1.54, 1.807) is 0 Å². The first-order valence-corrected chi connectivity index (χ1v) is 12.4. The van der Waals surface area contributed by atoms with Crippen LogP contribution < -0.4 is 0 Å².